The van der Waals surface area contributed by atoms with Gasteiger partial charge in [0.05, 0.1) is 18.7 Å². The number of Topliss-reactive ketones (excluding diaryl/α,β-unsaturated/α-hetero) is 1. The van der Waals surface area contributed by atoms with Crippen LogP contribution in [0.4, 0.5) is 0 Å². The van der Waals surface area contributed by atoms with Crippen LogP contribution in [0.1, 0.15) is 10.4 Å². The number of nitrogens with one attached hydrogen (secondary N) is 1. The van der Waals surface area contributed by atoms with E-state index in [9.17, 15) is 9.59 Å². The van der Waals surface area contributed by atoms with E-state index in [0.717, 1.165) is 0 Å². The van der Waals surface area contributed by atoms with Crippen molar-refractivity contribution >= 4 is 34.9 Å². The zero-order valence-electron chi connectivity index (χ0n) is 9.13. The van der Waals surface area contributed by atoms with E-state index in [0.29, 0.717) is 11.3 Å². The lowest BCUT2D eigenvalue weighted by Crippen LogP contribution is -2.30. The molecule has 0 atom stereocenters. The number of carbonyl (C=O) groups excluding carboxylic acids is 2. The van der Waals surface area contributed by atoms with E-state index in [1.165, 1.54) is 7.11 Å². The zero-order valence-corrected chi connectivity index (χ0v) is 10.6. The maximum Gasteiger partial charge on any atom is 0.235 e. The Morgan fingerprint density at radius 2 is 2.12 bits per heavy atom. The Labute approximate surface area is 109 Å². The third-order valence-electron chi connectivity index (χ3n) is 2.05. The predicted molar refractivity (Wildman–Crippen MR) is 66.1 cm³/mol. The Bertz CT molecular complexity index is 435. The van der Waals surface area contributed by atoms with E-state index in [1.54, 1.807) is 18.2 Å². The Hall–Kier alpha value is -1.26. The van der Waals surface area contributed by atoms with E-state index < -0.39 is 5.91 Å². The van der Waals surface area contributed by atoms with Crippen LogP contribution in [-0.2, 0) is 4.79 Å². The average molecular weight is 276 g/mol. The van der Waals surface area contributed by atoms with Gasteiger partial charge in [0.2, 0.25) is 5.91 Å². The molecule has 0 aromatic heterocycles. The molecule has 1 rings (SSSR count). The first-order valence-corrected chi connectivity index (χ1v) is 5.69. The predicted octanol–water partition coefficient (Wildman–Crippen LogP) is 1.89. The van der Waals surface area contributed by atoms with Gasteiger partial charge in [-0.25, -0.2) is 0 Å². The molecule has 0 unspecified atom stereocenters. The summed E-state index contributed by atoms with van der Waals surface area (Å²) in [5.41, 5.74) is 0.306. The minimum atomic E-state index is -0.404. The summed E-state index contributed by atoms with van der Waals surface area (Å²) >= 11 is 11.3. The second kappa shape index (κ2) is 6.47. The van der Waals surface area contributed by atoms with Crippen LogP contribution in [0.25, 0.3) is 0 Å². The number of ketones is 1. The molecule has 17 heavy (non-hydrogen) atoms. The third kappa shape index (κ3) is 3.61. The lowest BCUT2D eigenvalue weighted by molar-refractivity contribution is -0.118. The summed E-state index contributed by atoms with van der Waals surface area (Å²) in [5, 5.41) is 2.61. The Morgan fingerprint density at radius 1 is 1.41 bits per heavy atom. The van der Waals surface area contributed by atoms with Crippen molar-refractivity contribution in [2.45, 2.75) is 0 Å². The number of halogens is 2. The van der Waals surface area contributed by atoms with Crippen LogP contribution in [0.5, 0.6) is 5.75 Å². The molecule has 0 heterocycles. The van der Waals surface area contributed by atoms with Gasteiger partial charge in [-0.1, -0.05) is 17.7 Å². The molecule has 0 saturated heterocycles. The van der Waals surface area contributed by atoms with Crippen molar-refractivity contribution in [1.29, 1.82) is 0 Å². The number of ether oxygens (including phenoxy) is 1. The monoisotopic (exact) mass is 275 g/mol. The molecule has 0 radical (unpaired) electrons. The normalized spacial score (nSPS) is 9.82. The minimum Gasteiger partial charge on any atom is -0.495 e. The molecule has 0 spiro atoms. The van der Waals surface area contributed by atoms with E-state index >= 15 is 0 Å². The Morgan fingerprint density at radius 3 is 2.71 bits per heavy atom. The highest BCUT2D eigenvalue weighted by atomic mass is 35.5. The summed E-state index contributed by atoms with van der Waals surface area (Å²) in [4.78, 5) is 22.7. The summed E-state index contributed by atoms with van der Waals surface area (Å²) in [6, 6.07) is 4.87. The highest BCUT2D eigenvalue weighted by Crippen LogP contribution is 2.27. The van der Waals surface area contributed by atoms with Crippen LogP contribution < -0.4 is 10.1 Å². The maximum absolute atomic E-state index is 11.8. The van der Waals surface area contributed by atoms with Gasteiger partial charge < -0.3 is 10.1 Å². The summed E-state index contributed by atoms with van der Waals surface area (Å²) in [5.74, 6) is -0.466. The molecule has 0 aliphatic rings. The summed E-state index contributed by atoms with van der Waals surface area (Å²) in [7, 11) is 1.46. The Balaban J connectivity index is 2.79. The minimum absolute atomic E-state index is 0.140. The van der Waals surface area contributed by atoms with Crippen LogP contribution in [-0.4, -0.2) is 31.2 Å². The first-order valence-electron chi connectivity index (χ1n) is 4.78. The second-order valence-electron chi connectivity index (χ2n) is 3.16. The molecule has 6 heteroatoms. The number of benzene rings is 1. The van der Waals surface area contributed by atoms with Crippen LogP contribution in [0.2, 0.25) is 5.02 Å². The molecule has 92 valence electrons. The fourth-order valence-electron chi connectivity index (χ4n) is 1.21. The van der Waals surface area contributed by atoms with E-state index in [-0.39, 0.29) is 23.2 Å². The number of hydrogen-bond acceptors (Lipinski definition) is 3. The van der Waals surface area contributed by atoms with Crippen molar-refractivity contribution in [3.63, 3.8) is 0 Å². The maximum atomic E-state index is 11.8. The standard InChI is InChI=1S/C11H11Cl2NO3/c1-17-9-4-2-3-7(11(9)13)8(15)6-14-10(16)5-12/h2-4H,5-6H2,1H3,(H,14,16). The van der Waals surface area contributed by atoms with Crippen LogP contribution >= 0.6 is 23.2 Å². The average Bonchev–Trinajstić information content (AvgIpc) is 2.35. The molecule has 4 nitrogen and oxygen atoms in total. The van der Waals surface area contributed by atoms with Crippen LogP contribution in [0.15, 0.2) is 18.2 Å². The molecule has 0 aliphatic heterocycles. The molecule has 1 aromatic rings. The summed E-state index contributed by atoms with van der Waals surface area (Å²) in [6.45, 7) is -0.140. The molecule has 0 fully saturated rings. The second-order valence-corrected chi connectivity index (χ2v) is 3.80. The number of amides is 1. The number of alkyl halides is 1. The van der Waals surface area contributed by atoms with Crippen molar-refractivity contribution in [1.82, 2.24) is 5.32 Å². The molecular formula is C11H11Cl2NO3. The van der Waals surface area contributed by atoms with Gasteiger partial charge in [0.25, 0.3) is 0 Å². The van der Waals surface area contributed by atoms with Gasteiger partial charge in [-0.2, -0.15) is 0 Å². The lowest BCUT2D eigenvalue weighted by atomic mass is 10.1. The van der Waals surface area contributed by atoms with E-state index in [4.69, 9.17) is 27.9 Å². The fraction of sp³-hybridized carbons (Fsp3) is 0.273. The number of rotatable bonds is 5. The Kier molecular flexibility index (Phi) is 5.25. The van der Waals surface area contributed by atoms with Crippen molar-refractivity contribution in [3.05, 3.63) is 28.8 Å². The lowest BCUT2D eigenvalue weighted by Gasteiger charge is -2.08. The van der Waals surface area contributed by atoms with Crippen molar-refractivity contribution < 1.29 is 14.3 Å². The third-order valence-corrected chi connectivity index (χ3v) is 2.68. The highest BCUT2D eigenvalue weighted by Gasteiger charge is 2.14. The molecule has 1 N–H and O–H groups in total. The van der Waals surface area contributed by atoms with Crippen molar-refractivity contribution in [2.75, 3.05) is 19.5 Å². The van der Waals surface area contributed by atoms with Gasteiger partial charge in [-0.05, 0) is 12.1 Å². The fourth-order valence-corrected chi connectivity index (χ4v) is 1.61. The first kappa shape index (κ1) is 13.8. The SMILES string of the molecule is COc1cccc(C(=O)CNC(=O)CCl)c1Cl. The molecule has 0 saturated carbocycles. The molecule has 0 aliphatic carbocycles. The molecule has 1 amide bonds. The van der Waals surface area contributed by atoms with Gasteiger partial charge in [0.15, 0.2) is 5.78 Å². The summed E-state index contributed by atoms with van der Waals surface area (Å²) in [6.07, 6.45) is 0. The zero-order chi connectivity index (χ0) is 12.8. The van der Waals surface area contributed by atoms with Crippen LogP contribution in [0, 0.1) is 0 Å². The number of hydrogen-bond donors (Lipinski definition) is 1. The number of carbonyl (C=O) groups is 2. The smallest absolute Gasteiger partial charge is 0.235 e. The van der Waals surface area contributed by atoms with E-state index in [2.05, 4.69) is 5.32 Å². The largest absolute Gasteiger partial charge is 0.495 e. The first-order chi connectivity index (χ1) is 8.10. The van der Waals surface area contributed by atoms with Crippen LogP contribution in [0.3, 0.4) is 0 Å². The van der Waals surface area contributed by atoms with Gasteiger partial charge in [0.1, 0.15) is 11.6 Å². The van der Waals surface area contributed by atoms with Crippen molar-refractivity contribution in [3.8, 4) is 5.75 Å². The number of methoxy groups -OCH3 is 1. The van der Waals surface area contributed by atoms with E-state index in [1.807, 2.05) is 0 Å². The van der Waals surface area contributed by atoms with Gasteiger partial charge >= 0.3 is 0 Å². The molecular weight excluding hydrogens is 265 g/mol. The molecule has 1 aromatic carbocycles. The van der Waals surface area contributed by atoms with Gasteiger partial charge in [-0.15, -0.1) is 11.6 Å². The van der Waals surface area contributed by atoms with Crippen molar-refractivity contribution in [2.24, 2.45) is 0 Å². The topological polar surface area (TPSA) is 55.4 Å². The quantitative estimate of drug-likeness (QED) is 0.660. The highest BCUT2D eigenvalue weighted by molar-refractivity contribution is 6.35. The molecule has 0 bridgehead atoms. The summed E-state index contributed by atoms with van der Waals surface area (Å²) < 4.78 is 4.99. The van der Waals surface area contributed by atoms with Gasteiger partial charge in [-0.3, -0.25) is 9.59 Å². The van der Waals surface area contributed by atoms with Gasteiger partial charge in [0, 0.05) is 5.56 Å².